The molecule has 0 spiro atoms. The second-order valence-corrected chi connectivity index (χ2v) is 4.93. The van der Waals surface area contributed by atoms with Crippen LogP contribution in [-0.2, 0) is 4.74 Å². The van der Waals surface area contributed by atoms with Crippen molar-refractivity contribution in [1.82, 2.24) is 10.3 Å². The predicted molar refractivity (Wildman–Crippen MR) is 84.6 cm³/mol. The lowest BCUT2D eigenvalue weighted by atomic mass is 10.1. The van der Waals surface area contributed by atoms with Crippen molar-refractivity contribution < 1.29 is 4.74 Å². The van der Waals surface area contributed by atoms with Gasteiger partial charge in [-0.3, -0.25) is 0 Å². The van der Waals surface area contributed by atoms with Gasteiger partial charge in [0.15, 0.2) is 0 Å². The Balaban J connectivity index is 1.86. The van der Waals surface area contributed by atoms with Gasteiger partial charge in [-0.05, 0) is 24.4 Å². The highest BCUT2D eigenvalue weighted by Crippen LogP contribution is 2.24. The quantitative estimate of drug-likeness (QED) is 0.580. The van der Waals surface area contributed by atoms with E-state index in [1.165, 1.54) is 0 Å². The van der Waals surface area contributed by atoms with Crippen molar-refractivity contribution >= 4 is 28.2 Å². The van der Waals surface area contributed by atoms with E-state index in [0.29, 0.717) is 5.15 Å². The molecule has 2 N–H and O–H groups in total. The highest BCUT2D eigenvalue weighted by Gasteiger charge is 2.03. The SMILES string of the molecule is COCCCNCCNc1nc(Cl)cc2ccccc12. The Morgan fingerprint density at radius 3 is 2.90 bits per heavy atom. The van der Waals surface area contributed by atoms with E-state index in [-0.39, 0.29) is 0 Å². The lowest BCUT2D eigenvalue weighted by Crippen LogP contribution is -2.24. The number of benzene rings is 1. The summed E-state index contributed by atoms with van der Waals surface area (Å²) >= 11 is 6.04. The summed E-state index contributed by atoms with van der Waals surface area (Å²) in [5, 5.41) is 9.39. The van der Waals surface area contributed by atoms with Gasteiger partial charge < -0.3 is 15.4 Å². The standard InChI is InChI=1S/C15H20ClN3O/c1-20-10-4-7-17-8-9-18-15-13-6-3-2-5-12(13)11-14(16)19-15/h2-3,5-6,11,17H,4,7-10H2,1H3,(H,18,19). The molecule has 2 rings (SSSR count). The van der Waals surface area contributed by atoms with Crippen molar-refractivity contribution in [3.8, 4) is 0 Å². The average molecular weight is 294 g/mol. The van der Waals surface area contributed by atoms with Crippen molar-refractivity contribution in [3.05, 3.63) is 35.5 Å². The monoisotopic (exact) mass is 293 g/mol. The molecule has 0 atom stereocenters. The number of hydrogen-bond donors (Lipinski definition) is 2. The van der Waals surface area contributed by atoms with Crippen molar-refractivity contribution in [2.45, 2.75) is 6.42 Å². The number of nitrogens with one attached hydrogen (secondary N) is 2. The Morgan fingerprint density at radius 1 is 1.20 bits per heavy atom. The van der Waals surface area contributed by atoms with E-state index in [0.717, 1.165) is 49.3 Å². The lowest BCUT2D eigenvalue weighted by Gasteiger charge is -2.10. The molecule has 1 heterocycles. The number of anilines is 1. The molecule has 0 aliphatic carbocycles. The van der Waals surface area contributed by atoms with Crippen molar-refractivity contribution in [2.24, 2.45) is 0 Å². The number of pyridine rings is 1. The van der Waals surface area contributed by atoms with Crippen LogP contribution in [0.25, 0.3) is 10.8 Å². The minimum absolute atomic E-state index is 0.513. The molecule has 0 saturated heterocycles. The first-order valence-electron chi connectivity index (χ1n) is 6.80. The smallest absolute Gasteiger partial charge is 0.135 e. The number of aromatic nitrogens is 1. The molecular formula is C15H20ClN3O. The van der Waals surface area contributed by atoms with E-state index < -0.39 is 0 Å². The third-order valence-electron chi connectivity index (χ3n) is 3.01. The molecule has 4 nitrogen and oxygen atoms in total. The summed E-state index contributed by atoms with van der Waals surface area (Å²) in [6.45, 7) is 3.44. The molecule has 2 aromatic rings. The topological polar surface area (TPSA) is 46.2 Å². The first-order valence-corrected chi connectivity index (χ1v) is 7.18. The van der Waals surface area contributed by atoms with Gasteiger partial charge in [0, 0.05) is 32.2 Å². The van der Waals surface area contributed by atoms with Gasteiger partial charge in [-0.25, -0.2) is 4.98 Å². The Labute approximate surface area is 124 Å². The van der Waals surface area contributed by atoms with Gasteiger partial charge in [0.05, 0.1) is 0 Å². The van der Waals surface area contributed by atoms with E-state index in [2.05, 4.69) is 15.6 Å². The molecule has 108 valence electrons. The number of fused-ring (bicyclic) bond motifs is 1. The highest BCUT2D eigenvalue weighted by atomic mass is 35.5. The normalized spacial score (nSPS) is 10.9. The van der Waals surface area contributed by atoms with Crippen LogP contribution in [0.5, 0.6) is 0 Å². The van der Waals surface area contributed by atoms with Crippen molar-refractivity contribution in [3.63, 3.8) is 0 Å². The zero-order chi connectivity index (χ0) is 14.2. The molecule has 0 unspecified atom stereocenters. The molecule has 20 heavy (non-hydrogen) atoms. The van der Waals surface area contributed by atoms with Gasteiger partial charge in [0.2, 0.25) is 0 Å². The second kappa shape index (κ2) is 8.04. The molecule has 1 aromatic carbocycles. The van der Waals surface area contributed by atoms with Crippen LogP contribution < -0.4 is 10.6 Å². The zero-order valence-corrected chi connectivity index (χ0v) is 12.4. The van der Waals surface area contributed by atoms with Crippen LogP contribution in [-0.4, -0.2) is 38.3 Å². The van der Waals surface area contributed by atoms with Crippen molar-refractivity contribution in [2.75, 3.05) is 38.7 Å². The molecule has 0 bridgehead atoms. The maximum atomic E-state index is 6.04. The van der Waals surface area contributed by atoms with Crippen LogP contribution >= 0.6 is 11.6 Å². The van der Waals surface area contributed by atoms with E-state index in [1.807, 2.05) is 30.3 Å². The number of methoxy groups -OCH3 is 1. The Kier molecular flexibility index (Phi) is 6.05. The minimum Gasteiger partial charge on any atom is -0.385 e. The number of halogens is 1. The summed E-state index contributed by atoms with van der Waals surface area (Å²) in [5.74, 6) is 0.840. The first-order chi connectivity index (χ1) is 9.81. The van der Waals surface area contributed by atoms with E-state index in [9.17, 15) is 0 Å². The molecule has 0 saturated carbocycles. The van der Waals surface area contributed by atoms with Crippen LogP contribution in [0.3, 0.4) is 0 Å². The first kappa shape index (κ1) is 15.0. The molecule has 1 aromatic heterocycles. The molecule has 0 amide bonds. The molecule has 0 radical (unpaired) electrons. The fraction of sp³-hybridized carbons (Fsp3) is 0.400. The number of ether oxygens (including phenoxy) is 1. The Bertz CT molecular complexity index is 548. The van der Waals surface area contributed by atoms with Gasteiger partial charge in [-0.15, -0.1) is 0 Å². The van der Waals surface area contributed by atoms with E-state index >= 15 is 0 Å². The fourth-order valence-corrected chi connectivity index (χ4v) is 2.24. The molecule has 0 fully saturated rings. The van der Waals surface area contributed by atoms with Crippen LogP contribution in [0, 0.1) is 0 Å². The minimum atomic E-state index is 0.513. The van der Waals surface area contributed by atoms with Crippen LogP contribution in [0.2, 0.25) is 5.15 Å². The summed E-state index contributed by atoms with van der Waals surface area (Å²) < 4.78 is 5.00. The Morgan fingerprint density at radius 2 is 2.05 bits per heavy atom. The van der Waals surface area contributed by atoms with Gasteiger partial charge in [0.25, 0.3) is 0 Å². The summed E-state index contributed by atoms with van der Waals surface area (Å²) in [7, 11) is 1.72. The largest absolute Gasteiger partial charge is 0.385 e. The maximum Gasteiger partial charge on any atom is 0.135 e. The summed E-state index contributed by atoms with van der Waals surface area (Å²) in [6.07, 6.45) is 1.02. The fourth-order valence-electron chi connectivity index (χ4n) is 2.04. The summed E-state index contributed by atoms with van der Waals surface area (Å²) in [4.78, 5) is 4.36. The third-order valence-corrected chi connectivity index (χ3v) is 3.20. The van der Waals surface area contributed by atoms with Gasteiger partial charge in [-0.1, -0.05) is 35.9 Å². The van der Waals surface area contributed by atoms with Crippen molar-refractivity contribution in [1.29, 1.82) is 0 Å². The van der Waals surface area contributed by atoms with Crippen LogP contribution in [0.15, 0.2) is 30.3 Å². The second-order valence-electron chi connectivity index (χ2n) is 4.54. The molecule has 0 aliphatic heterocycles. The molecule has 0 aliphatic rings. The molecule has 5 heteroatoms. The third kappa shape index (κ3) is 4.34. The van der Waals surface area contributed by atoms with Crippen LogP contribution in [0.4, 0.5) is 5.82 Å². The van der Waals surface area contributed by atoms with Gasteiger partial charge in [-0.2, -0.15) is 0 Å². The number of hydrogen-bond acceptors (Lipinski definition) is 4. The summed E-state index contributed by atoms with van der Waals surface area (Å²) in [5.41, 5.74) is 0. The van der Waals surface area contributed by atoms with E-state index in [1.54, 1.807) is 7.11 Å². The zero-order valence-electron chi connectivity index (χ0n) is 11.7. The average Bonchev–Trinajstić information content (AvgIpc) is 2.46. The molecular weight excluding hydrogens is 274 g/mol. The Hall–Kier alpha value is -1.36. The number of nitrogens with zero attached hydrogens (tertiary/aromatic N) is 1. The van der Waals surface area contributed by atoms with Gasteiger partial charge >= 0.3 is 0 Å². The lowest BCUT2D eigenvalue weighted by molar-refractivity contribution is 0.194. The van der Waals surface area contributed by atoms with E-state index in [4.69, 9.17) is 16.3 Å². The van der Waals surface area contributed by atoms with Crippen LogP contribution in [0.1, 0.15) is 6.42 Å². The summed E-state index contributed by atoms with van der Waals surface area (Å²) in [6, 6.07) is 9.97. The maximum absolute atomic E-state index is 6.04. The predicted octanol–water partition coefficient (Wildman–Crippen LogP) is 2.93. The number of rotatable bonds is 8. The van der Waals surface area contributed by atoms with Gasteiger partial charge in [0.1, 0.15) is 11.0 Å². The highest BCUT2D eigenvalue weighted by molar-refractivity contribution is 6.30.